The standard InChI is InChI=1S/C16H25NO2/c1-17(2)12-14-7-4-5-10-16(14,18)13-8-6-9-15(11-13)19-3/h6,8-9,11,14,18H,4-5,7,10,12H2,1-3H3/t14-,16+/m0/s1/i3D3,12D2. The minimum absolute atomic E-state index is 0.149. The summed E-state index contributed by atoms with van der Waals surface area (Å²) in [6, 6.07) is 6.37. The number of benzene rings is 1. The zero-order chi connectivity index (χ0) is 18.2. The fraction of sp³-hybridized carbons (Fsp3) is 0.625. The van der Waals surface area contributed by atoms with Crippen molar-refractivity contribution >= 4 is 0 Å². The molecule has 3 heteroatoms. The number of nitrogens with zero attached hydrogens (tertiary/aromatic N) is 1. The van der Waals surface area contributed by atoms with E-state index >= 15 is 0 Å². The summed E-state index contributed by atoms with van der Waals surface area (Å²) in [6.45, 7) is -1.68. The van der Waals surface area contributed by atoms with Gasteiger partial charge in [-0.05, 0) is 44.6 Å². The molecule has 19 heavy (non-hydrogen) atoms. The number of methoxy groups -OCH3 is 1. The van der Waals surface area contributed by atoms with Crippen molar-refractivity contribution in [1.82, 2.24) is 4.90 Å². The molecule has 0 aliphatic heterocycles. The number of rotatable bonds is 4. The lowest BCUT2D eigenvalue weighted by molar-refractivity contribution is -0.0619. The van der Waals surface area contributed by atoms with Crippen LogP contribution in [0.25, 0.3) is 0 Å². The van der Waals surface area contributed by atoms with E-state index in [1.165, 1.54) is 17.0 Å². The van der Waals surface area contributed by atoms with E-state index < -0.39 is 25.1 Å². The van der Waals surface area contributed by atoms with Crippen molar-refractivity contribution in [2.24, 2.45) is 5.92 Å². The fourth-order valence-corrected chi connectivity index (χ4v) is 2.81. The van der Waals surface area contributed by atoms with Crippen LogP contribution in [0.2, 0.25) is 0 Å². The van der Waals surface area contributed by atoms with Gasteiger partial charge in [0, 0.05) is 15.2 Å². The van der Waals surface area contributed by atoms with Gasteiger partial charge in [-0.3, -0.25) is 0 Å². The van der Waals surface area contributed by atoms with Crippen LogP contribution in [0, 0.1) is 5.92 Å². The predicted octanol–water partition coefficient (Wildman–Crippen LogP) is 2.63. The molecule has 0 bridgehead atoms. The van der Waals surface area contributed by atoms with Crippen molar-refractivity contribution < 1.29 is 16.7 Å². The SMILES string of the molecule is [2H]C([2H])([2H])Oc1cccc([C@]2(O)CCCC[C@H]2C([2H])([2H])N(C)C)c1. The molecule has 1 saturated carbocycles. The first-order valence-electron chi connectivity index (χ1n) is 9.16. The van der Waals surface area contributed by atoms with Crippen molar-refractivity contribution in [3.63, 3.8) is 0 Å². The number of hydrogen-bond acceptors (Lipinski definition) is 3. The summed E-state index contributed by atoms with van der Waals surface area (Å²) in [4.78, 5) is 1.48. The molecular formula is C16H25NO2. The quantitative estimate of drug-likeness (QED) is 0.911. The lowest BCUT2D eigenvalue weighted by Crippen LogP contribution is -2.43. The van der Waals surface area contributed by atoms with Crippen LogP contribution < -0.4 is 4.74 Å². The molecule has 0 saturated heterocycles. The van der Waals surface area contributed by atoms with E-state index in [0.717, 1.165) is 12.8 Å². The van der Waals surface area contributed by atoms with Crippen LogP contribution in [-0.4, -0.2) is 37.6 Å². The average molecular weight is 268 g/mol. The number of hydrogen-bond donors (Lipinski definition) is 1. The summed E-state index contributed by atoms with van der Waals surface area (Å²) in [5.74, 6) is -0.465. The van der Waals surface area contributed by atoms with Gasteiger partial charge in [-0.2, -0.15) is 0 Å². The molecule has 1 N–H and O–H groups in total. The lowest BCUT2D eigenvalue weighted by Gasteiger charge is -2.41. The van der Waals surface area contributed by atoms with Gasteiger partial charge >= 0.3 is 0 Å². The second kappa shape index (κ2) is 5.93. The smallest absolute Gasteiger partial charge is 0.119 e. The molecule has 1 aliphatic rings. The molecule has 106 valence electrons. The average Bonchev–Trinajstić information content (AvgIpc) is 2.45. The topological polar surface area (TPSA) is 32.7 Å². The minimum atomic E-state index is -2.56. The molecule has 0 spiro atoms. The van der Waals surface area contributed by atoms with Crippen molar-refractivity contribution in [1.29, 1.82) is 0 Å². The highest BCUT2D eigenvalue weighted by Crippen LogP contribution is 2.42. The van der Waals surface area contributed by atoms with Gasteiger partial charge in [-0.15, -0.1) is 0 Å². The van der Waals surface area contributed by atoms with Crippen LogP contribution in [0.4, 0.5) is 0 Å². The van der Waals surface area contributed by atoms with E-state index in [9.17, 15) is 5.11 Å². The summed E-state index contributed by atoms with van der Waals surface area (Å²) in [7, 11) is 0.748. The van der Waals surface area contributed by atoms with Gasteiger partial charge in [0.05, 0.1) is 16.8 Å². The molecule has 1 aromatic carbocycles. The molecule has 2 atom stereocenters. The Morgan fingerprint density at radius 1 is 1.53 bits per heavy atom. The second-order valence-corrected chi connectivity index (χ2v) is 5.38. The lowest BCUT2D eigenvalue weighted by atomic mass is 9.71. The van der Waals surface area contributed by atoms with E-state index in [4.69, 9.17) is 11.6 Å². The maximum Gasteiger partial charge on any atom is 0.119 e. The molecule has 0 aromatic heterocycles. The van der Waals surface area contributed by atoms with Gasteiger partial charge < -0.3 is 14.7 Å². The van der Waals surface area contributed by atoms with Crippen molar-refractivity contribution in [2.75, 3.05) is 27.6 Å². The number of aliphatic hydroxyl groups is 1. The first kappa shape index (κ1) is 8.98. The summed E-state index contributed by atoms with van der Waals surface area (Å²) in [5, 5.41) is 11.3. The Morgan fingerprint density at radius 2 is 2.37 bits per heavy atom. The Kier molecular flexibility index (Phi) is 2.80. The van der Waals surface area contributed by atoms with Crippen molar-refractivity contribution in [3.05, 3.63) is 29.8 Å². The van der Waals surface area contributed by atoms with E-state index in [0.29, 0.717) is 18.4 Å². The van der Waals surface area contributed by atoms with E-state index in [-0.39, 0.29) is 5.75 Å². The van der Waals surface area contributed by atoms with Crippen LogP contribution in [-0.2, 0) is 5.60 Å². The number of ether oxygens (including phenoxy) is 1. The summed E-state index contributed by atoms with van der Waals surface area (Å²) in [6.07, 6.45) is 2.64. The third kappa shape index (κ3) is 3.10. The summed E-state index contributed by atoms with van der Waals surface area (Å²) in [5.41, 5.74) is -0.861. The van der Waals surface area contributed by atoms with Crippen LogP contribution in [0.3, 0.4) is 0 Å². The zero-order valence-corrected chi connectivity index (χ0v) is 11.5. The summed E-state index contributed by atoms with van der Waals surface area (Å²) < 4.78 is 43.3. The molecule has 1 aromatic rings. The van der Waals surface area contributed by atoms with E-state index in [1.54, 1.807) is 26.2 Å². The molecule has 3 nitrogen and oxygen atoms in total. The first-order chi connectivity index (χ1) is 11.0. The molecule has 2 rings (SSSR count). The van der Waals surface area contributed by atoms with Gasteiger partial charge in [0.2, 0.25) is 0 Å². The monoisotopic (exact) mass is 268 g/mol. The van der Waals surface area contributed by atoms with Crippen LogP contribution in [0.5, 0.6) is 5.75 Å². The molecule has 1 fully saturated rings. The normalized spacial score (nSPS) is 32.8. The van der Waals surface area contributed by atoms with Gasteiger partial charge in [0.1, 0.15) is 5.75 Å². The maximum atomic E-state index is 11.3. The van der Waals surface area contributed by atoms with Gasteiger partial charge in [-0.1, -0.05) is 25.0 Å². The Morgan fingerprint density at radius 3 is 3.11 bits per heavy atom. The third-order valence-corrected chi connectivity index (χ3v) is 3.74. The highest BCUT2D eigenvalue weighted by molar-refractivity contribution is 5.33. The summed E-state index contributed by atoms with van der Waals surface area (Å²) >= 11 is 0. The maximum absolute atomic E-state index is 11.3. The van der Waals surface area contributed by atoms with Crippen molar-refractivity contribution in [3.8, 4) is 5.75 Å². The predicted molar refractivity (Wildman–Crippen MR) is 77.4 cm³/mol. The largest absolute Gasteiger partial charge is 0.497 e. The molecule has 0 unspecified atom stereocenters. The Labute approximate surface area is 123 Å². The molecule has 0 amide bonds. The van der Waals surface area contributed by atoms with Gasteiger partial charge in [0.15, 0.2) is 0 Å². The first-order valence-corrected chi connectivity index (χ1v) is 6.66. The highest BCUT2D eigenvalue weighted by atomic mass is 16.5. The minimum Gasteiger partial charge on any atom is -0.497 e. The molecule has 1 aliphatic carbocycles. The fourth-order valence-electron chi connectivity index (χ4n) is 2.81. The third-order valence-electron chi connectivity index (χ3n) is 3.74. The molecule has 0 heterocycles. The van der Waals surface area contributed by atoms with Gasteiger partial charge in [0.25, 0.3) is 0 Å². The van der Waals surface area contributed by atoms with Crippen LogP contribution >= 0.6 is 0 Å². The highest BCUT2D eigenvalue weighted by Gasteiger charge is 2.40. The van der Waals surface area contributed by atoms with Gasteiger partial charge in [-0.25, -0.2) is 0 Å². The zero-order valence-electron chi connectivity index (χ0n) is 16.5. The van der Waals surface area contributed by atoms with E-state index in [2.05, 4.69) is 0 Å². The van der Waals surface area contributed by atoms with Crippen molar-refractivity contribution in [2.45, 2.75) is 31.3 Å². The van der Waals surface area contributed by atoms with Crippen LogP contribution in [0.1, 0.15) is 38.1 Å². The molecular weight excluding hydrogens is 238 g/mol. The van der Waals surface area contributed by atoms with E-state index in [1.807, 2.05) is 0 Å². The Balaban J connectivity index is 2.41. The Bertz CT molecular complexity index is 576. The van der Waals surface area contributed by atoms with Crippen LogP contribution in [0.15, 0.2) is 24.3 Å². The molecule has 0 radical (unpaired) electrons. The second-order valence-electron chi connectivity index (χ2n) is 5.38. The Hall–Kier alpha value is -1.06.